The van der Waals surface area contributed by atoms with Gasteiger partial charge < -0.3 is 10.0 Å². The number of rotatable bonds is 3. The maximum atomic E-state index is 12.4. The van der Waals surface area contributed by atoms with E-state index in [-0.39, 0.29) is 16.4 Å². The molecule has 0 aromatic heterocycles. The molecule has 0 bridgehead atoms. The Hall–Kier alpha value is -1.89. The molecule has 2 rings (SSSR count). The van der Waals surface area contributed by atoms with E-state index >= 15 is 0 Å². The van der Waals surface area contributed by atoms with Gasteiger partial charge in [-0.1, -0.05) is 6.07 Å². The molecule has 7 heteroatoms. The van der Waals surface area contributed by atoms with Crippen LogP contribution in [0.15, 0.2) is 29.2 Å². The molecule has 6 nitrogen and oxygen atoms in total. The van der Waals surface area contributed by atoms with Gasteiger partial charge in [-0.3, -0.25) is 9.59 Å². The van der Waals surface area contributed by atoms with E-state index in [2.05, 4.69) is 0 Å². The predicted octanol–water partition coefficient (Wildman–Crippen LogP) is 1.03. The summed E-state index contributed by atoms with van der Waals surface area (Å²) < 4.78 is 23.1. The third kappa shape index (κ3) is 3.07. The van der Waals surface area contributed by atoms with Gasteiger partial charge in [0, 0.05) is 24.4 Å². The average molecular weight is 311 g/mol. The summed E-state index contributed by atoms with van der Waals surface area (Å²) in [6.45, 7) is 2.06. The van der Waals surface area contributed by atoms with E-state index in [1.54, 1.807) is 6.92 Å². The standard InChI is InChI=1S/C14H17NO5S/c1-9-12(14(17)18)6-7-15(9)13(16)10-4-3-5-11(8-10)21(2,19)20/h3-5,8-9,12H,6-7H2,1-2H3,(H,17,18). The first-order valence-corrected chi connectivity index (χ1v) is 8.45. The van der Waals surface area contributed by atoms with Crippen LogP contribution in [0.1, 0.15) is 23.7 Å². The van der Waals surface area contributed by atoms with Crippen molar-refractivity contribution < 1.29 is 23.1 Å². The van der Waals surface area contributed by atoms with Gasteiger partial charge in [-0.05, 0) is 31.5 Å². The molecule has 1 aromatic carbocycles. The van der Waals surface area contributed by atoms with Crippen LogP contribution in [-0.2, 0) is 14.6 Å². The van der Waals surface area contributed by atoms with E-state index in [1.807, 2.05) is 0 Å². The Labute approximate surface area is 123 Å². The van der Waals surface area contributed by atoms with Gasteiger partial charge in [-0.15, -0.1) is 0 Å². The number of carboxylic acids is 1. The minimum atomic E-state index is -3.38. The molecule has 0 saturated carbocycles. The topological polar surface area (TPSA) is 91.8 Å². The molecule has 1 heterocycles. The summed E-state index contributed by atoms with van der Waals surface area (Å²) in [5, 5.41) is 9.09. The second-order valence-corrected chi connectivity index (χ2v) is 7.29. The fourth-order valence-electron chi connectivity index (χ4n) is 2.58. The van der Waals surface area contributed by atoms with Crippen LogP contribution in [0.4, 0.5) is 0 Å². The highest BCUT2D eigenvalue weighted by Gasteiger charge is 2.38. The lowest BCUT2D eigenvalue weighted by atomic mass is 10.0. The molecular formula is C14H17NO5S. The molecule has 0 radical (unpaired) electrons. The van der Waals surface area contributed by atoms with Crippen molar-refractivity contribution in [3.8, 4) is 0 Å². The number of hydrogen-bond donors (Lipinski definition) is 1. The van der Waals surface area contributed by atoms with Crippen molar-refractivity contribution in [3.05, 3.63) is 29.8 Å². The number of amides is 1. The molecule has 1 fully saturated rings. The van der Waals surface area contributed by atoms with Crippen LogP contribution in [0, 0.1) is 5.92 Å². The molecule has 1 saturated heterocycles. The SMILES string of the molecule is CC1C(C(=O)O)CCN1C(=O)c1cccc(S(C)(=O)=O)c1. The summed E-state index contributed by atoms with van der Waals surface area (Å²) >= 11 is 0. The van der Waals surface area contributed by atoms with Gasteiger partial charge in [0.15, 0.2) is 9.84 Å². The monoisotopic (exact) mass is 311 g/mol. The smallest absolute Gasteiger partial charge is 0.308 e. The maximum Gasteiger partial charge on any atom is 0.308 e. The summed E-state index contributed by atoms with van der Waals surface area (Å²) in [7, 11) is -3.38. The molecule has 21 heavy (non-hydrogen) atoms. The lowest BCUT2D eigenvalue weighted by molar-refractivity contribution is -0.142. The first-order chi connectivity index (χ1) is 9.71. The van der Waals surface area contributed by atoms with Crippen molar-refractivity contribution in [1.29, 1.82) is 0 Å². The van der Waals surface area contributed by atoms with E-state index in [1.165, 1.54) is 29.2 Å². The Bertz CT molecular complexity index is 682. The van der Waals surface area contributed by atoms with E-state index in [0.29, 0.717) is 13.0 Å². The fourth-order valence-corrected chi connectivity index (χ4v) is 3.25. The number of aliphatic carboxylic acids is 1. The molecule has 2 atom stereocenters. The van der Waals surface area contributed by atoms with Gasteiger partial charge >= 0.3 is 5.97 Å². The van der Waals surface area contributed by atoms with Gasteiger partial charge in [-0.25, -0.2) is 8.42 Å². The molecule has 2 unspecified atom stereocenters. The third-order valence-electron chi connectivity index (χ3n) is 3.84. The highest BCUT2D eigenvalue weighted by Crippen LogP contribution is 2.26. The largest absolute Gasteiger partial charge is 0.481 e. The quantitative estimate of drug-likeness (QED) is 0.900. The number of hydrogen-bond acceptors (Lipinski definition) is 4. The second kappa shape index (κ2) is 5.48. The molecular weight excluding hydrogens is 294 g/mol. The summed E-state index contributed by atoms with van der Waals surface area (Å²) in [5.74, 6) is -1.83. The van der Waals surface area contributed by atoms with Crippen LogP contribution in [0.25, 0.3) is 0 Å². The summed E-state index contributed by atoms with van der Waals surface area (Å²) in [6.07, 6.45) is 1.49. The lowest BCUT2D eigenvalue weighted by Crippen LogP contribution is -2.37. The van der Waals surface area contributed by atoms with Gasteiger partial charge in [0.1, 0.15) is 0 Å². The fraction of sp³-hybridized carbons (Fsp3) is 0.429. The summed E-state index contributed by atoms with van der Waals surface area (Å²) in [5.41, 5.74) is 0.260. The van der Waals surface area contributed by atoms with Crippen molar-refractivity contribution >= 4 is 21.7 Å². The van der Waals surface area contributed by atoms with Crippen LogP contribution >= 0.6 is 0 Å². The number of carbonyl (C=O) groups excluding carboxylic acids is 1. The van der Waals surface area contributed by atoms with Crippen LogP contribution in [0.2, 0.25) is 0 Å². The number of sulfone groups is 1. The number of nitrogens with zero attached hydrogens (tertiary/aromatic N) is 1. The van der Waals surface area contributed by atoms with Crippen molar-refractivity contribution in [3.63, 3.8) is 0 Å². The zero-order valence-corrected chi connectivity index (χ0v) is 12.6. The highest BCUT2D eigenvalue weighted by atomic mass is 32.2. The number of likely N-dealkylation sites (tertiary alicyclic amines) is 1. The Morgan fingerprint density at radius 1 is 1.33 bits per heavy atom. The average Bonchev–Trinajstić information content (AvgIpc) is 2.79. The lowest BCUT2D eigenvalue weighted by Gasteiger charge is -2.23. The molecule has 1 N–H and O–H groups in total. The van der Waals surface area contributed by atoms with E-state index < -0.39 is 27.8 Å². The van der Waals surface area contributed by atoms with E-state index in [4.69, 9.17) is 5.11 Å². The van der Waals surface area contributed by atoms with Crippen LogP contribution in [0.5, 0.6) is 0 Å². The van der Waals surface area contributed by atoms with Gasteiger partial charge in [0.05, 0.1) is 10.8 Å². The van der Waals surface area contributed by atoms with Crippen molar-refractivity contribution in [2.75, 3.05) is 12.8 Å². The van der Waals surface area contributed by atoms with Crippen LogP contribution in [-0.4, -0.2) is 49.1 Å². The predicted molar refractivity (Wildman–Crippen MR) is 75.8 cm³/mol. The number of carbonyl (C=O) groups is 2. The van der Waals surface area contributed by atoms with Crippen molar-refractivity contribution in [2.45, 2.75) is 24.3 Å². The van der Waals surface area contributed by atoms with Crippen LogP contribution in [0.3, 0.4) is 0 Å². The Morgan fingerprint density at radius 2 is 2.00 bits per heavy atom. The highest BCUT2D eigenvalue weighted by molar-refractivity contribution is 7.90. The molecule has 1 aromatic rings. The first-order valence-electron chi connectivity index (χ1n) is 6.55. The second-order valence-electron chi connectivity index (χ2n) is 5.27. The maximum absolute atomic E-state index is 12.4. The Kier molecular flexibility index (Phi) is 4.04. The zero-order chi connectivity index (χ0) is 15.8. The molecule has 114 valence electrons. The molecule has 1 amide bonds. The molecule has 1 aliphatic heterocycles. The minimum absolute atomic E-state index is 0.0787. The van der Waals surface area contributed by atoms with Gasteiger partial charge in [0.25, 0.3) is 5.91 Å². The third-order valence-corrected chi connectivity index (χ3v) is 4.95. The summed E-state index contributed by atoms with van der Waals surface area (Å²) in [6, 6.07) is 5.41. The number of carboxylic acid groups (broad SMARTS) is 1. The Morgan fingerprint density at radius 3 is 2.52 bits per heavy atom. The molecule has 0 spiro atoms. The minimum Gasteiger partial charge on any atom is -0.481 e. The van der Waals surface area contributed by atoms with Gasteiger partial charge in [-0.2, -0.15) is 0 Å². The number of benzene rings is 1. The van der Waals surface area contributed by atoms with E-state index in [0.717, 1.165) is 6.26 Å². The van der Waals surface area contributed by atoms with Crippen LogP contribution < -0.4 is 0 Å². The normalized spacial score (nSPS) is 22.3. The Balaban J connectivity index is 2.28. The van der Waals surface area contributed by atoms with E-state index in [9.17, 15) is 18.0 Å². The van der Waals surface area contributed by atoms with Gasteiger partial charge in [0.2, 0.25) is 0 Å². The zero-order valence-electron chi connectivity index (χ0n) is 11.8. The first kappa shape index (κ1) is 15.5. The molecule has 1 aliphatic rings. The van der Waals surface area contributed by atoms with Crippen molar-refractivity contribution in [2.24, 2.45) is 5.92 Å². The summed E-state index contributed by atoms with van der Waals surface area (Å²) in [4.78, 5) is 25.1. The molecule has 0 aliphatic carbocycles. The van der Waals surface area contributed by atoms with Crippen molar-refractivity contribution in [1.82, 2.24) is 4.90 Å².